The van der Waals surface area contributed by atoms with Gasteiger partial charge >= 0.3 is 11.9 Å². The van der Waals surface area contributed by atoms with Crippen LogP contribution in [0.15, 0.2) is 42.7 Å². The lowest BCUT2D eigenvalue weighted by molar-refractivity contribution is 0.0696. The fourth-order valence-electron chi connectivity index (χ4n) is 2.06. The summed E-state index contributed by atoms with van der Waals surface area (Å²) in [6, 6.07) is 8.64. The third-order valence-corrected chi connectivity index (χ3v) is 3.62. The fourth-order valence-corrected chi connectivity index (χ4v) is 2.06. The second-order valence-corrected chi connectivity index (χ2v) is 5.54. The van der Waals surface area contributed by atoms with E-state index in [9.17, 15) is 9.59 Å². The normalized spacial score (nSPS) is 12.7. The van der Waals surface area contributed by atoms with E-state index in [1.54, 1.807) is 12.4 Å². The minimum atomic E-state index is -1.11. The summed E-state index contributed by atoms with van der Waals surface area (Å²) in [6.07, 6.45) is 6.03. The Morgan fingerprint density at radius 2 is 1.80 bits per heavy atom. The predicted molar refractivity (Wildman–Crippen MR) is 91.0 cm³/mol. The first-order valence-corrected chi connectivity index (χ1v) is 7.81. The summed E-state index contributed by atoms with van der Waals surface area (Å²) in [5, 5.41) is 20.6. The fraction of sp³-hybridized carbons (Fsp3) is 0.278. The number of rotatable bonds is 6. The number of aromatic nitrogens is 1. The van der Waals surface area contributed by atoms with Gasteiger partial charge in [-0.25, -0.2) is 9.59 Å². The van der Waals surface area contributed by atoms with Crippen LogP contribution >= 0.6 is 0 Å². The van der Waals surface area contributed by atoms with Crippen LogP contribution in [0, 0.1) is 6.92 Å². The minimum absolute atomic E-state index is 0.0277. The second-order valence-electron chi connectivity index (χ2n) is 5.54. The SMILES string of the molecule is Cc1c(C(=O)O)cccc1C(=O)O.c1cncc(OCNC2CC2)c1. The number of ether oxygens (including phenoxy) is 1. The predicted octanol–water partition coefficient (Wildman–Crippen LogP) is 2.56. The molecule has 25 heavy (non-hydrogen) atoms. The number of aromatic carboxylic acids is 2. The molecule has 0 amide bonds. The first kappa shape index (κ1) is 18.4. The van der Waals surface area contributed by atoms with E-state index in [4.69, 9.17) is 14.9 Å². The molecule has 1 aliphatic rings. The minimum Gasteiger partial charge on any atom is -0.478 e. The van der Waals surface area contributed by atoms with Gasteiger partial charge in [0.2, 0.25) is 0 Å². The van der Waals surface area contributed by atoms with Crippen molar-refractivity contribution in [1.82, 2.24) is 10.3 Å². The van der Waals surface area contributed by atoms with Crippen molar-refractivity contribution in [3.63, 3.8) is 0 Å². The van der Waals surface area contributed by atoms with Crippen LogP contribution in [0.4, 0.5) is 0 Å². The molecule has 1 aromatic heterocycles. The van der Waals surface area contributed by atoms with Crippen LogP contribution in [0.5, 0.6) is 5.75 Å². The zero-order valence-corrected chi connectivity index (χ0v) is 13.8. The molecule has 0 aliphatic heterocycles. The molecule has 0 spiro atoms. The Labute approximate surface area is 145 Å². The van der Waals surface area contributed by atoms with E-state index in [-0.39, 0.29) is 16.7 Å². The standard InChI is InChI=1S/C9H12N2O.C9H8O4/c1-2-9(6-10-5-1)12-7-11-8-3-4-8;1-5-6(8(10)11)3-2-4-7(5)9(12)13/h1-2,5-6,8,11H,3-4,7H2;2-4H,1H3,(H,10,11)(H,12,13). The number of carboxylic acids is 2. The number of hydrogen-bond donors (Lipinski definition) is 3. The first-order valence-electron chi connectivity index (χ1n) is 7.81. The van der Waals surface area contributed by atoms with Gasteiger partial charge in [-0.3, -0.25) is 10.3 Å². The van der Waals surface area contributed by atoms with Crippen LogP contribution in [-0.2, 0) is 0 Å². The van der Waals surface area contributed by atoms with E-state index in [1.165, 1.54) is 38.0 Å². The Morgan fingerprint density at radius 1 is 1.16 bits per heavy atom. The van der Waals surface area contributed by atoms with E-state index >= 15 is 0 Å². The van der Waals surface area contributed by atoms with Crippen LogP contribution in [-0.4, -0.2) is 39.9 Å². The van der Waals surface area contributed by atoms with Gasteiger partial charge in [-0.1, -0.05) is 6.07 Å². The third-order valence-electron chi connectivity index (χ3n) is 3.62. The zero-order valence-electron chi connectivity index (χ0n) is 13.8. The maximum Gasteiger partial charge on any atom is 0.335 e. The quantitative estimate of drug-likeness (QED) is 0.691. The third kappa shape index (κ3) is 5.89. The topological polar surface area (TPSA) is 109 Å². The van der Waals surface area contributed by atoms with Crippen molar-refractivity contribution in [2.24, 2.45) is 0 Å². The van der Waals surface area contributed by atoms with Gasteiger partial charge < -0.3 is 14.9 Å². The average molecular weight is 344 g/mol. The van der Waals surface area contributed by atoms with Crippen LogP contribution in [0.2, 0.25) is 0 Å². The average Bonchev–Trinajstić information content (AvgIpc) is 3.40. The summed E-state index contributed by atoms with van der Waals surface area (Å²) in [7, 11) is 0. The van der Waals surface area contributed by atoms with Crippen molar-refractivity contribution >= 4 is 11.9 Å². The van der Waals surface area contributed by atoms with Gasteiger partial charge in [-0.15, -0.1) is 0 Å². The first-order chi connectivity index (χ1) is 12.0. The van der Waals surface area contributed by atoms with E-state index in [1.807, 2.05) is 12.1 Å². The lowest BCUT2D eigenvalue weighted by Crippen LogP contribution is -2.21. The van der Waals surface area contributed by atoms with Gasteiger partial charge in [0, 0.05) is 12.2 Å². The largest absolute Gasteiger partial charge is 0.478 e. The van der Waals surface area contributed by atoms with Crippen molar-refractivity contribution in [2.75, 3.05) is 6.73 Å². The van der Waals surface area contributed by atoms with Gasteiger partial charge in [-0.05, 0) is 49.6 Å². The lowest BCUT2D eigenvalue weighted by Gasteiger charge is -2.05. The highest BCUT2D eigenvalue weighted by atomic mass is 16.5. The summed E-state index contributed by atoms with van der Waals surface area (Å²) >= 11 is 0. The molecule has 7 nitrogen and oxygen atoms in total. The Hall–Kier alpha value is -2.93. The number of carboxylic acid groups (broad SMARTS) is 2. The van der Waals surface area contributed by atoms with Crippen molar-refractivity contribution < 1.29 is 24.5 Å². The van der Waals surface area contributed by atoms with Gasteiger partial charge in [-0.2, -0.15) is 0 Å². The van der Waals surface area contributed by atoms with E-state index in [0.717, 1.165) is 5.75 Å². The van der Waals surface area contributed by atoms with Gasteiger partial charge in [0.1, 0.15) is 12.5 Å². The second kappa shape index (κ2) is 8.79. The number of nitrogens with zero attached hydrogens (tertiary/aromatic N) is 1. The molecule has 1 fully saturated rings. The molecule has 132 valence electrons. The molecule has 3 rings (SSSR count). The summed E-state index contributed by atoms with van der Waals surface area (Å²) in [5.74, 6) is -1.40. The maximum absolute atomic E-state index is 10.6. The molecular formula is C18H20N2O5. The molecule has 2 aromatic rings. The lowest BCUT2D eigenvalue weighted by atomic mass is 10.0. The summed E-state index contributed by atoms with van der Waals surface area (Å²) in [4.78, 5) is 25.2. The Balaban J connectivity index is 0.000000181. The van der Waals surface area contributed by atoms with Gasteiger partial charge in [0.25, 0.3) is 0 Å². The van der Waals surface area contributed by atoms with Crippen molar-refractivity contribution in [3.05, 3.63) is 59.4 Å². The Kier molecular flexibility index (Phi) is 6.47. The van der Waals surface area contributed by atoms with Crippen LogP contribution in [0.1, 0.15) is 39.1 Å². The Morgan fingerprint density at radius 3 is 2.28 bits per heavy atom. The summed E-state index contributed by atoms with van der Waals surface area (Å²) in [5.41, 5.74) is 0.335. The van der Waals surface area contributed by atoms with Gasteiger partial charge in [0.05, 0.1) is 17.3 Å². The Bertz CT molecular complexity index is 697. The highest BCUT2D eigenvalue weighted by Gasteiger charge is 2.19. The number of benzene rings is 1. The maximum atomic E-state index is 10.6. The van der Waals surface area contributed by atoms with E-state index in [2.05, 4.69) is 10.3 Å². The molecule has 1 aromatic carbocycles. The highest BCUT2D eigenvalue weighted by Crippen LogP contribution is 2.18. The molecule has 1 saturated carbocycles. The zero-order chi connectivity index (χ0) is 18.2. The number of hydrogen-bond acceptors (Lipinski definition) is 5. The van der Waals surface area contributed by atoms with Gasteiger partial charge in [0.15, 0.2) is 0 Å². The number of pyridine rings is 1. The van der Waals surface area contributed by atoms with Crippen LogP contribution in [0.25, 0.3) is 0 Å². The molecule has 0 radical (unpaired) electrons. The van der Waals surface area contributed by atoms with E-state index < -0.39 is 11.9 Å². The molecule has 3 N–H and O–H groups in total. The van der Waals surface area contributed by atoms with Crippen molar-refractivity contribution in [1.29, 1.82) is 0 Å². The number of carbonyl (C=O) groups is 2. The highest BCUT2D eigenvalue weighted by molar-refractivity contribution is 5.96. The van der Waals surface area contributed by atoms with Crippen LogP contribution < -0.4 is 10.1 Å². The molecule has 0 atom stereocenters. The van der Waals surface area contributed by atoms with Crippen molar-refractivity contribution in [2.45, 2.75) is 25.8 Å². The molecule has 1 aliphatic carbocycles. The molecule has 0 unspecified atom stereocenters. The molecular weight excluding hydrogens is 324 g/mol. The van der Waals surface area contributed by atoms with Crippen molar-refractivity contribution in [3.8, 4) is 5.75 Å². The molecule has 1 heterocycles. The summed E-state index contributed by atoms with van der Waals surface area (Å²) < 4.78 is 5.38. The molecule has 0 bridgehead atoms. The van der Waals surface area contributed by atoms with E-state index in [0.29, 0.717) is 12.8 Å². The summed E-state index contributed by atoms with van der Waals surface area (Å²) in [6.45, 7) is 2.07. The van der Waals surface area contributed by atoms with Crippen LogP contribution in [0.3, 0.4) is 0 Å². The molecule has 7 heteroatoms. The molecule has 0 saturated heterocycles. The monoisotopic (exact) mass is 344 g/mol. The number of nitrogens with one attached hydrogen (secondary N) is 1. The smallest absolute Gasteiger partial charge is 0.335 e.